The molecule has 0 heterocycles. The maximum atomic E-state index is 12.1. The summed E-state index contributed by atoms with van der Waals surface area (Å²) in [6.07, 6.45) is 0.615. The van der Waals surface area contributed by atoms with E-state index in [1.165, 1.54) is 17.7 Å². The standard InChI is InChI=1S/C19H22F2N2O2/c1-13-3-8-17(14(2)11-13)23-12-18(24)22-10-9-15-4-6-16(7-5-15)25-19(20)21/h3-8,11,19,23H,9-10,12H2,1-2H3,(H,22,24). The van der Waals surface area contributed by atoms with Gasteiger partial charge < -0.3 is 15.4 Å². The van der Waals surface area contributed by atoms with Crippen LogP contribution >= 0.6 is 0 Å². The first-order chi connectivity index (χ1) is 11.9. The van der Waals surface area contributed by atoms with E-state index < -0.39 is 6.61 Å². The molecule has 4 nitrogen and oxygen atoms in total. The molecule has 25 heavy (non-hydrogen) atoms. The summed E-state index contributed by atoms with van der Waals surface area (Å²) in [4.78, 5) is 11.9. The Bertz CT molecular complexity index is 703. The molecule has 2 aromatic carbocycles. The van der Waals surface area contributed by atoms with Gasteiger partial charge >= 0.3 is 6.61 Å². The number of carbonyl (C=O) groups is 1. The zero-order valence-corrected chi connectivity index (χ0v) is 14.3. The molecule has 0 aromatic heterocycles. The highest BCUT2D eigenvalue weighted by Crippen LogP contribution is 2.16. The van der Waals surface area contributed by atoms with Crippen molar-refractivity contribution in [2.45, 2.75) is 26.9 Å². The summed E-state index contributed by atoms with van der Waals surface area (Å²) in [5.41, 5.74) is 4.15. The topological polar surface area (TPSA) is 50.4 Å². The molecule has 0 fully saturated rings. The number of benzene rings is 2. The van der Waals surface area contributed by atoms with Crippen molar-refractivity contribution in [1.29, 1.82) is 0 Å². The average molecular weight is 348 g/mol. The summed E-state index contributed by atoms with van der Waals surface area (Å²) >= 11 is 0. The fourth-order valence-corrected chi connectivity index (χ4v) is 2.43. The van der Waals surface area contributed by atoms with Crippen molar-refractivity contribution in [2.24, 2.45) is 0 Å². The molecular weight excluding hydrogens is 326 g/mol. The van der Waals surface area contributed by atoms with Gasteiger partial charge in [0.2, 0.25) is 5.91 Å². The first-order valence-corrected chi connectivity index (χ1v) is 8.05. The number of nitrogens with one attached hydrogen (secondary N) is 2. The number of halogens is 2. The zero-order chi connectivity index (χ0) is 18.2. The van der Waals surface area contributed by atoms with E-state index in [0.29, 0.717) is 13.0 Å². The molecule has 0 saturated carbocycles. The molecule has 0 saturated heterocycles. The van der Waals surface area contributed by atoms with E-state index in [4.69, 9.17) is 0 Å². The number of hydrogen-bond donors (Lipinski definition) is 2. The van der Waals surface area contributed by atoms with Gasteiger partial charge in [0.05, 0.1) is 6.54 Å². The van der Waals surface area contributed by atoms with Gasteiger partial charge in [0.1, 0.15) is 5.75 Å². The van der Waals surface area contributed by atoms with Crippen molar-refractivity contribution in [2.75, 3.05) is 18.4 Å². The van der Waals surface area contributed by atoms with Crippen LogP contribution in [0.2, 0.25) is 0 Å². The lowest BCUT2D eigenvalue weighted by Crippen LogP contribution is -2.31. The van der Waals surface area contributed by atoms with Crippen LogP contribution in [0.1, 0.15) is 16.7 Å². The molecular formula is C19H22F2N2O2. The zero-order valence-electron chi connectivity index (χ0n) is 14.3. The van der Waals surface area contributed by atoms with E-state index in [1.54, 1.807) is 12.1 Å². The fraction of sp³-hybridized carbons (Fsp3) is 0.316. The van der Waals surface area contributed by atoms with Crippen LogP contribution in [0.3, 0.4) is 0 Å². The lowest BCUT2D eigenvalue weighted by atomic mass is 10.1. The highest BCUT2D eigenvalue weighted by Gasteiger charge is 2.05. The summed E-state index contributed by atoms with van der Waals surface area (Å²) in [5.74, 6) is 0.0260. The molecule has 134 valence electrons. The summed E-state index contributed by atoms with van der Waals surface area (Å²) in [6, 6.07) is 12.4. The van der Waals surface area contributed by atoms with Crippen LogP contribution in [0, 0.1) is 13.8 Å². The second-order valence-electron chi connectivity index (χ2n) is 5.79. The van der Waals surface area contributed by atoms with Crippen molar-refractivity contribution in [3.63, 3.8) is 0 Å². The van der Waals surface area contributed by atoms with Crippen molar-refractivity contribution >= 4 is 11.6 Å². The van der Waals surface area contributed by atoms with Gasteiger partial charge in [0, 0.05) is 12.2 Å². The minimum absolute atomic E-state index is 0.0994. The molecule has 2 N–H and O–H groups in total. The Morgan fingerprint density at radius 1 is 1.12 bits per heavy atom. The van der Waals surface area contributed by atoms with E-state index in [9.17, 15) is 13.6 Å². The lowest BCUT2D eigenvalue weighted by molar-refractivity contribution is -0.119. The van der Waals surface area contributed by atoms with Crippen LogP contribution in [0.4, 0.5) is 14.5 Å². The molecule has 0 bridgehead atoms. The molecule has 2 aromatic rings. The first kappa shape index (κ1) is 18.7. The smallest absolute Gasteiger partial charge is 0.387 e. The third kappa shape index (κ3) is 6.41. The molecule has 0 aliphatic rings. The quantitative estimate of drug-likeness (QED) is 0.765. The van der Waals surface area contributed by atoms with Crippen molar-refractivity contribution in [1.82, 2.24) is 5.32 Å². The van der Waals surface area contributed by atoms with E-state index in [2.05, 4.69) is 21.4 Å². The number of ether oxygens (including phenoxy) is 1. The summed E-state index contributed by atoms with van der Waals surface area (Å²) in [6.45, 7) is 1.87. The monoisotopic (exact) mass is 348 g/mol. The molecule has 0 spiro atoms. The number of anilines is 1. The van der Waals surface area contributed by atoms with Crippen LogP contribution in [-0.2, 0) is 11.2 Å². The predicted octanol–water partition coefficient (Wildman–Crippen LogP) is 3.68. The fourth-order valence-electron chi connectivity index (χ4n) is 2.43. The van der Waals surface area contributed by atoms with Crippen LogP contribution in [0.25, 0.3) is 0 Å². The Morgan fingerprint density at radius 2 is 1.84 bits per heavy atom. The first-order valence-electron chi connectivity index (χ1n) is 8.05. The Kier molecular flexibility index (Phi) is 6.74. The van der Waals surface area contributed by atoms with Gasteiger partial charge in [-0.05, 0) is 49.6 Å². The highest BCUT2D eigenvalue weighted by molar-refractivity contribution is 5.80. The largest absolute Gasteiger partial charge is 0.435 e. The van der Waals surface area contributed by atoms with Crippen molar-refractivity contribution < 1.29 is 18.3 Å². The highest BCUT2D eigenvalue weighted by atomic mass is 19.3. The van der Waals surface area contributed by atoms with Crippen LogP contribution in [0.5, 0.6) is 5.75 Å². The van der Waals surface area contributed by atoms with E-state index in [1.807, 2.05) is 26.0 Å². The minimum atomic E-state index is -2.82. The van der Waals surface area contributed by atoms with Crippen LogP contribution in [0.15, 0.2) is 42.5 Å². The number of aryl methyl sites for hydroxylation is 2. The Labute approximate surface area is 146 Å². The summed E-state index contributed by atoms with van der Waals surface area (Å²) < 4.78 is 28.4. The third-order valence-corrected chi connectivity index (χ3v) is 3.71. The molecule has 1 amide bonds. The molecule has 6 heteroatoms. The Morgan fingerprint density at radius 3 is 2.48 bits per heavy atom. The van der Waals surface area contributed by atoms with Gasteiger partial charge in [-0.15, -0.1) is 0 Å². The van der Waals surface area contributed by atoms with Gasteiger partial charge in [-0.2, -0.15) is 8.78 Å². The summed E-state index contributed by atoms with van der Waals surface area (Å²) in [7, 11) is 0. The lowest BCUT2D eigenvalue weighted by Gasteiger charge is -2.11. The van der Waals surface area contributed by atoms with Crippen molar-refractivity contribution in [3.05, 3.63) is 59.2 Å². The second kappa shape index (κ2) is 9.01. The van der Waals surface area contributed by atoms with Crippen molar-refractivity contribution in [3.8, 4) is 5.75 Å². The van der Waals surface area contributed by atoms with Gasteiger partial charge in [-0.25, -0.2) is 0 Å². The molecule has 0 aliphatic heterocycles. The predicted molar refractivity (Wildman–Crippen MR) is 94.2 cm³/mol. The number of carbonyl (C=O) groups excluding carboxylic acids is 1. The number of amides is 1. The molecule has 0 radical (unpaired) electrons. The third-order valence-electron chi connectivity index (χ3n) is 3.71. The number of rotatable bonds is 8. The normalized spacial score (nSPS) is 10.6. The molecule has 0 atom stereocenters. The molecule has 0 unspecified atom stereocenters. The van der Waals surface area contributed by atoms with Crippen LogP contribution in [-0.4, -0.2) is 25.6 Å². The maximum absolute atomic E-state index is 12.1. The maximum Gasteiger partial charge on any atom is 0.387 e. The van der Waals surface area contributed by atoms with Crippen LogP contribution < -0.4 is 15.4 Å². The number of hydrogen-bond acceptors (Lipinski definition) is 3. The van der Waals surface area contributed by atoms with Gasteiger partial charge in [0.25, 0.3) is 0 Å². The molecule has 2 rings (SSSR count). The molecule has 0 aliphatic carbocycles. The van der Waals surface area contributed by atoms with Gasteiger partial charge in [-0.1, -0.05) is 29.8 Å². The Balaban J connectivity index is 1.71. The summed E-state index contributed by atoms with van der Waals surface area (Å²) in [5, 5.41) is 5.94. The number of alkyl halides is 2. The SMILES string of the molecule is Cc1ccc(NCC(=O)NCCc2ccc(OC(F)F)cc2)c(C)c1. The second-order valence-corrected chi connectivity index (χ2v) is 5.79. The van der Waals surface area contributed by atoms with Gasteiger partial charge in [-0.3, -0.25) is 4.79 Å². The van der Waals surface area contributed by atoms with E-state index in [-0.39, 0.29) is 18.2 Å². The van der Waals surface area contributed by atoms with E-state index in [0.717, 1.165) is 16.8 Å². The van der Waals surface area contributed by atoms with E-state index >= 15 is 0 Å². The minimum Gasteiger partial charge on any atom is -0.435 e. The van der Waals surface area contributed by atoms with Gasteiger partial charge in [0.15, 0.2) is 0 Å². The average Bonchev–Trinajstić information content (AvgIpc) is 2.55. The Hall–Kier alpha value is -2.63.